The zero-order valence-corrected chi connectivity index (χ0v) is 18.4. The van der Waals surface area contributed by atoms with Gasteiger partial charge in [-0.15, -0.1) is 23.5 Å². The van der Waals surface area contributed by atoms with Crippen molar-refractivity contribution in [3.63, 3.8) is 0 Å². The maximum absolute atomic E-state index is 12.1. The number of rotatable bonds is 8. The van der Waals surface area contributed by atoms with Gasteiger partial charge < -0.3 is 9.47 Å². The number of carbonyl (C=O) groups excluding carboxylic acids is 1. The Labute approximate surface area is 171 Å². The van der Waals surface area contributed by atoms with E-state index in [1.165, 1.54) is 0 Å². The van der Waals surface area contributed by atoms with Crippen LogP contribution in [0.15, 0.2) is 17.2 Å². The van der Waals surface area contributed by atoms with Crippen LogP contribution in [0.5, 0.6) is 11.5 Å². The lowest BCUT2D eigenvalue weighted by atomic mass is 10.2. The van der Waals surface area contributed by atoms with Gasteiger partial charge in [-0.25, -0.2) is 5.43 Å². The van der Waals surface area contributed by atoms with Crippen LogP contribution in [0.3, 0.4) is 0 Å². The Hall–Kier alpha value is -0.610. The SMILES string of the molecule is CCOc1cc(/C=N/NC(=O)CC2(C)SCCS2)cc(I)c1OCC. The minimum atomic E-state index is -0.0636. The predicted octanol–water partition coefficient (Wildman–Crippen LogP) is 4.13. The van der Waals surface area contributed by atoms with Crippen LogP contribution in [-0.2, 0) is 4.79 Å². The van der Waals surface area contributed by atoms with E-state index in [4.69, 9.17) is 9.47 Å². The molecule has 1 aromatic carbocycles. The van der Waals surface area contributed by atoms with E-state index in [1.54, 1.807) is 6.21 Å². The summed E-state index contributed by atoms with van der Waals surface area (Å²) >= 11 is 5.89. The molecule has 1 aliphatic rings. The minimum Gasteiger partial charge on any atom is -0.490 e. The highest BCUT2D eigenvalue weighted by Crippen LogP contribution is 2.45. The number of thioether (sulfide) groups is 2. The smallest absolute Gasteiger partial charge is 0.242 e. The molecule has 0 bridgehead atoms. The van der Waals surface area contributed by atoms with Gasteiger partial charge in [-0.05, 0) is 61.1 Å². The predicted molar refractivity (Wildman–Crippen MR) is 115 cm³/mol. The van der Waals surface area contributed by atoms with Crippen molar-refractivity contribution in [3.05, 3.63) is 21.3 Å². The van der Waals surface area contributed by atoms with Crippen LogP contribution in [-0.4, -0.2) is 40.9 Å². The van der Waals surface area contributed by atoms with Crippen molar-refractivity contribution < 1.29 is 14.3 Å². The van der Waals surface area contributed by atoms with Crippen molar-refractivity contribution in [2.24, 2.45) is 5.10 Å². The first-order valence-corrected chi connectivity index (χ1v) is 11.2. The monoisotopic (exact) mass is 494 g/mol. The zero-order chi connectivity index (χ0) is 18.3. The van der Waals surface area contributed by atoms with E-state index >= 15 is 0 Å². The summed E-state index contributed by atoms with van der Waals surface area (Å²) in [6, 6.07) is 3.82. The molecule has 0 atom stereocenters. The summed E-state index contributed by atoms with van der Waals surface area (Å²) in [6.45, 7) is 7.12. The Morgan fingerprint density at radius 3 is 2.64 bits per heavy atom. The van der Waals surface area contributed by atoms with Crippen LogP contribution in [0, 0.1) is 3.57 Å². The molecule has 1 fully saturated rings. The molecule has 5 nitrogen and oxygen atoms in total. The summed E-state index contributed by atoms with van der Waals surface area (Å²) in [4.78, 5) is 12.1. The van der Waals surface area contributed by atoms with Crippen molar-refractivity contribution in [2.45, 2.75) is 31.3 Å². The molecule has 0 aromatic heterocycles. The highest BCUT2D eigenvalue weighted by Gasteiger charge is 2.32. The van der Waals surface area contributed by atoms with E-state index in [-0.39, 0.29) is 9.99 Å². The number of nitrogens with zero attached hydrogens (tertiary/aromatic N) is 1. The second kappa shape index (κ2) is 9.91. The lowest BCUT2D eigenvalue weighted by Gasteiger charge is -2.19. The molecule has 1 saturated heterocycles. The van der Waals surface area contributed by atoms with Crippen molar-refractivity contribution >= 4 is 58.2 Å². The Bertz CT molecular complexity index is 635. The maximum atomic E-state index is 12.1. The molecule has 1 heterocycles. The molecule has 0 saturated carbocycles. The Morgan fingerprint density at radius 1 is 1.32 bits per heavy atom. The molecule has 25 heavy (non-hydrogen) atoms. The van der Waals surface area contributed by atoms with Gasteiger partial charge in [-0.3, -0.25) is 4.79 Å². The molecule has 0 spiro atoms. The molecule has 1 aromatic rings. The number of nitrogens with one attached hydrogen (secondary N) is 1. The minimum absolute atomic E-state index is 0.0315. The summed E-state index contributed by atoms with van der Waals surface area (Å²) in [5.74, 6) is 3.57. The average Bonchev–Trinajstić information content (AvgIpc) is 2.97. The van der Waals surface area contributed by atoms with Gasteiger partial charge in [-0.2, -0.15) is 5.10 Å². The van der Waals surface area contributed by atoms with Crippen LogP contribution < -0.4 is 14.9 Å². The Morgan fingerprint density at radius 2 is 2.00 bits per heavy atom. The first kappa shape index (κ1) is 20.7. The number of amides is 1. The largest absolute Gasteiger partial charge is 0.490 e. The molecular weight excluding hydrogens is 471 g/mol. The van der Waals surface area contributed by atoms with E-state index in [0.29, 0.717) is 25.4 Å². The summed E-state index contributed by atoms with van der Waals surface area (Å²) in [6.07, 6.45) is 2.10. The molecule has 1 aliphatic heterocycles. The third-order valence-electron chi connectivity index (χ3n) is 3.40. The van der Waals surface area contributed by atoms with Crippen molar-refractivity contribution in [1.82, 2.24) is 5.43 Å². The molecule has 1 N–H and O–H groups in total. The number of hydrogen-bond acceptors (Lipinski definition) is 6. The van der Waals surface area contributed by atoms with Gasteiger partial charge in [0.2, 0.25) is 5.91 Å². The van der Waals surface area contributed by atoms with Crippen LogP contribution in [0.1, 0.15) is 32.8 Å². The fourth-order valence-corrected chi connectivity index (χ4v) is 5.99. The normalized spacial score (nSPS) is 16.2. The van der Waals surface area contributed by atoms with Gasteiger partial charge in [0.25, 0.3) is 0 Å². The van der Waals surface area contributed by atoms with Crippen molar-refractivity contribution in [3.8, 4) is 11.5 Å². The third-order valence-corrected chi connectivity index (χ3v) is 7.50. The number of ether oxygens (including phenoxy) is 2. The molecule has 0 radical (unpaired) electrons. The molecule has 0 unspecified atom stereocenters. The molecule has 138 valence electrons. The topological polar surface area (TPSA) is 59.9 Å². The number of hydrazone groups is 1. The highest BCUT2D eigenvalue weighted by atomic mass is 127. The van der Waals surface area contributed by atoms with Crippen LogP contribution in [0.2, 0.25) is 0 Å². The van der Waals surface area contributed by atoms with Gasteiger partial charge >= 0.3 is 0 Å². The average molecular weight is 494 g/mol. The van der Waals surface area contributed by atoms with Gasteiger partial charge in [0, 0.05) is 11.5 Å². The van der Waals surface area contributed by atoms with Crippen LogP contribution in [0.4, 0.5) is 0 Å². The standard InChI is InChI=1S/C17H23IN2O3S2/c1-4-22-14-9-12(8-13(18)16(14)23-5-2)11-19-20-15(21)10-17(3)24-6-7-25-17/h8-9,11H,4-7,10H2,1-3H3,(H,20,21)/b19-11+. The van der Waals surface area contributed by atoms with Gasteiger partial charge in [-0.1, -0.05) is 0 Å². The van der Waals surface area contributed by atoms with E-state index in [9.17, 15) is 4.79 Å². The Balaban J connectivity index is 2.01. The second-order valence-electron chi connectivity index (χ2n) is 5.50. The second-order valence-corrected chi connectivity index (χ2v) is 10.1. The van der Waals surface area contributed by atoms with Crippen molar-refractivity contribution in [2.75, 3.05) is 24.7 Å². The summed E-state index contributed by atoms with van der Waals surface area (Å²) < 4.78 is 12.2. The third kappa shape index (κ3) is 6.25. The first-order chi connectivity index (χ1) is 12.0. The molecular formula is C17H23IN2O3S2. The fraction of sp³-hybridized carbons (Fsp3) is 0.529. The number of halogens is 1. The number of benzene rings is 1. The first-order valence-electron chi connectivity index (χ1n) is 8.16. The van der Waals surface area contributed by atoms with Gasteiger partial charge in [0.05, 0.1) is 33.5 Å². The van der Waals surface area contributed by atoms with Crippen LogP contribution >= 0.6 is 46.1 Å². The lowest BCUT2D eigenvalue weighted by Crippen LogP contribution is -2.26. The van der Waals surface area contributed by atoms with Gasteiger partial charge in [0.15, 0.2) is 11.5 Å². The summed E-state index contributed by atoms with van der Waals surface area (Å²) in [7, 11) is 0. The van der Waals surface area contributed by atoms with E-state index in [2.05, 4.69) is 40.0 Å². The maximum Gasteiger partial charge on any atom is 0.242 e. The van der Waals surface area contributed by atoms with Gasteiger partial charge in [0.1, 0.15) is 0 Å². The molecule has 8 heteroatoms. The zero-order valence-electron chi connectivity index (χ0n) is 14.6. The lowest BCUT2D eigenvalue weighted by molar-refractivity contribution is -0.121. The summed E-state index contributed by atoms with van der Waals surface area (Å²) in [5.41, 5.74) is 3.48. The van der Waals surface area contributed by atoms with Crippen molar-refractivity contribution in [1.29, 1.82) is 0 Å². The number of carbonyl (C=O) groups is 1. The number of hydrogen-bond donors (Lipinski definition) is 1. The quantitative estimate of drug-likeness (QED) is 0.335. The molecule has 1 amide bonds. The van der Waals surface area contributed by atoms with E-state index < -0.39 is 0 Å². The highest BCUT2D eigenvalue weighted by molar-refractivity contribution is 14.1. The fourth-order valence-electron chi connectivity index (χ4n) is 2.38. The van der Waals surface area contributed by atoms with E-state index in [1.807, 2.05) is 49.5 Å². The molecule has 0 aliphatic carbocycles. The molecule has 2 rings (SSSR count). The Kier molecular flexibility index (Phi) is 8.21. The van der Waals surface area contributed by atoms with E-state index in [0.717, 1.165) is 26.4 Å². The van der Waals surface area contributed by atoms with Crippen LogP contribution in [0.25, 0.3) is 0 Å². The summed E-state index contributed by atoms with van der Waals surface area (Å²) in [5, 5.41) is 4.09.